The summed E-state index contributed by atoms with van der Waals surface area (Å²) in [5.74, 6) is 2.43. The SMILES string of the molecule is CCOc1cc(C=Nn2c(-c3cc4c(OC)cccc4o3)nc3ccccc3c2=O)c(Br)c(Br)c1OCC. The largest absolute Gasteiger partial charge is 0.496 e. The van der Waals surface area contributed by atoms with Crippen LogP contribution in [0.25, 0.3) is 33.5 Å². The first kappa shape index (κ1) is 26.0. The van der Waals surface area contributed by atoms with E-state index < -0.39 is 0 Å². The Morgan fingerprint density at radius 3 is 2.53 bits per heavy atom. The van der Waals surface area contributed by atoms with E-state index in [4.69, 9.17) is 23.6 Å². The number of halogens is 2. The minimum absolute atomic E-state index is 0.259. The molecule has 0 aliphatic carbocycles. The molecule has 0 saturated carbocycles. The van der Waals surface area contributed by atoms with E-state index in [1.54, 1.807) is 43.7 Å². The summed E-state index contributed by atoms with van der Waals surface area (Å²) in [5, 5.41) is 5.77. The van der Waals surface area contributed by atoms with E-state index in [1.165, 1.54) is 4.68 Å². The minimum atomic E-state index is -0.333. The normalized spacial score (nSPS) is 11.5. The number of fused-ring (bicyclic) bond motifs is 2. The summed E-state index contributed by atoms with van der Waals surface area (Å²) in [6.07, 6.45) is 1.57. The van der Waals surface area contributed by atoms with Gasteiger partial charge in [-0.25, -0.2) is 4.98 Å². The fourth-order valence-electron chi connectivity index (χ4n) is 4.07. The molecular formula is C28H23Br2N3O5. The number of hydrogen-bond donors (Lipinski definition) is 0. The smallest absolute Gasteiger partial charge is 0.282 e. The molecule has 10 heteroatoms. The molecule has 0 aliphatic rings. The zero-order chi connectivity index (χ0) is 26.8. The third kappa shape index (κ3) is 4.69. The van der Waals surface area contributed by atoms with E-state index in [2.05, 4.69) is 37.0 Å². The second kappa shape index (κ2) is 11.0. The molecular weight excluding hydrogens is 618 g/mol. The lowest BCUT2D eigenvalue weighted by atomic mass is 10.2. The van der Waals surface area contributed by atoms with Crippen molar-refractivity contribution in [3.05, 3.63) is 79.5 Å². The van der Waals surface area contributed by atoms with Gasteiger partial charge < -0.3 is 18.6 Å². The van der Waals surface area contributed by atoms with Gasteiger partial charge in [0.05, 0.1) is 47.3 Å². The summed E-state index contributed by atoms with van der Waals surface area (Å²) in [6.45, 7) is 4.73. The summed E-state index contributed by atoms with van der Waals surface area (Å²) < 4.78 is 25.8. The molecule has 0 radical (unpaired) electrons. The number of hydrogen-bond acceptors (Lipinski definition) is 7. The van der Waals surface area contributed by atoms with Crippen LogP contribution in [-0.2, 0) is 0 Å². The van der Waals surface area contributed by atoms with Crippen LogP contribution in [0.5, 0.6) is 17.2 Å². The third-order valence-electron chi connectivity index (χ3n) is 5.77. The molecule has 8 nitrogen and oxygen atoms in total. The maximum Gasteiger partial charge on any atom is 0.282 e. The van der Waals surface area contributed by atoms with Crippen molar-refractivity contribution in [1.82, 2.24) is 9.66 Å². The monoisotopic (exact) mass is 639 g/mol. The molecule has 0 amide bonds. The van der Waals surface area contributed by atoms with Gasteiger partial charge in [-0.3, -0.25) is 4.79 Å². The lowest BCUT2D eigenvalue weighted by Gasteiger charge is -2.15. The van der Waals surface area contributed by atoms with E-state index in [9.17, 15) is 4.79 Å². The highest BCUT2D eigenvalue weighted by Gasteiger charge is 2.19. The highest BCUT2D eigenvalue weighted by atomic mass is 79.9. The quantitative estimate of drug-likeness (QED) is 0.169. The van der Waals surface area contributed by atoms with Gasteiger partial charge in [0.25, 0.3) is 5.56 Å². The van der Waals surface area contributed by atoms with Crippen LogP contribution >= 0.6 is 31.9 Å². The highest BCUT2D eigenvalue weighted by molar-refractivity contribution is 9.13. The van der Waals surface area contributed by atoms with Gasteiger partial charge in [0, 0.05) is 10.0 Å². The number of rotatable bonds is 8. The van der Waals surface area contributed by atoms with E-state index in [-0.39, 0.29) is 11.4 Å². The molecule has 0 spiro atoms. The Morgan fingerprint density at radius 2 is 1.76 bits per heavy atom. The van der Waals surface area contributed by atoms with Crippen LogP contribution in [0, 0.1) is 0 Å². The molecule has 0 saturated heterocycles. The van der Waals surface area contributed by atoms with E-state index in [1.807, 2.05) is 38.1 Å². The minimum Gasteiger partial charge on any atom is -0.496 e. The maximum absolute atomic E-state index is 13.6. The summed E-state index contributed by atoms with van der Waals surface area (Å²) in [4.78, 5) is 18.4. The van der Waals surface area contributed by atoms with Gasteiger partial charge >= 0.3 is 0 Å². The van der Waals surface area contributed by atoms with Crippen molar-refractivity contribution in [3.63, 3.8) is 0 Å². The van der Waals surface area contributed by atoms with Crippen LogP contribution < -0.4 is 19.8 Å². The summed E-state index contributed by atoms with van der Waals surface area (Å²) in [7, 11) is 1.60. The van der Waals surface area contributed by atoms with Crippen LogP contribution in [0.15, 0.2) is 77.9 Å². The summed E-state index contributed by atoms with van der Waals surface area (Å²) in [6, 6.07) is 16.2. The summed E-state index contributed by atoms with van der Waals surface area (Å²) >= 11 is 7.20. The maximum atomic E-state index is 13.6. The van der Waals surface area contributed by atoms with E-state index in [0.717, 1.165) is 5.39 Å². The standard InChI is InChI=1S/C28H23Br2N3O5/c1-4-36-22-13-16(24(29)25(30)26(22)37-5-2)15-31-33-27(32-19-10-7-6-9-17(19)28(33)34)23-14-18-20(35-3)11-8-12-21(18)38-23/h6-15H,4-5H2,1-3H3. The Labute approximate surface area is 235 Å². The molecule has 194 valence electrons. The average Bonchev–Trinajstić information content (AvgIpc) is 3.37. The van der Waals surface area contributed by atoms with E-state index in [0.29, 0.717) is 67.2 Å². The van der Waals surface area contributed by atoms with Gasteiger partial charge in [-0.05, 0) is 82.1 Å². The van der Waals surface area contributed by atoms with Crippen LogP contribution in [0.4, 0.5) is 0 Å². The molecule has 3 aromatic carbocycles. The number of methoxy groups -OCH3 is 1. The summed E-state index contributed by atoms with van der Waals surface area (Å²) in [5.41, 5.74) is 1.48. The lowest BCUT2D eigenvalue weighted by molar-refractivity contribution is 0.286. The van der Waals surface area contributed by atoms with Crippen LogP contribution in [0.3, 0.4) is 0 Å². The van der Waals surface area contributed by atoms with Gasteiger partial charge in [0.1, 0.15) is 11.3 Å². The van der Waals surface area contributed by atoms with Gasteiger partial charge in [-0.15, -0.1) is 0 Å². The average molecular weight is 641 g/mol. The zero-order valence-corrected chi connectivity index (χ0v) is 24.0. The Kier molecular flexibility index (Phi) is 7.53. The van der Waals surface area contributed by atoms with Crippen LogP contribution in [0.1, 0.15) is 19.4 Å². The van der Waals surface area contributed by atoms with E-state index >= 15 is 0 Å². The first-order valence-electron chi connectivity index (χ1n) is 11.9. The molecule has 0 atom stereocenters. The predicted molar refractivity (Wildman–Crippen MR) is 155 cm³/mol. The zero-order valence-electron chi connectivity index (χ0n) is 20.8. The number of aromatic nitrogens is 2. The fraction of sp³-hybridized carbons (Fsp3) is 0.179. The van der Waals surface area contributed by atoms with Gasteiger partial charge in [-0.1, -0.05) is 18.2 Å². The third-order valence-corrected chi connectivity index (χ3v) is 7.92. The molecule has 38 heavy (non-hydrogen) atoms. The molecule has 2 heterocycles. The first-order chi connectivity index (χ1) is 18.5. The topological polar surface area (TPSA) is 88.1 Å². The van der Waals surface area contributed by atoms with Crippen molar-refractivity contribution in [2.24, 2.45) is 5.10 Å². The lowest BCUT2D eigenvalue weighted by Crippen LogP contribution is -2.20. The van der Waals surface area contributed by atoms with Crippen molar-refractivity contribution >= 4 is 59.9 Å². The number of furan rings is 1. The second-order valence-corrected chi connectivity index (χ2v) is 9.67. The van der Waals surface area contributed by atoms with Gasteiger partial charge in [0.15, 0.2) is 17.3 Å². The molecule has 5 rings (SSSR count). The molecule has 0 unspecified atom stereocenters. The Balaban J connectivity index is 1.71. The van der Waals surface area contributed by atoms with Gasteiger partial charge in [-0.2, -0.15) is 9.78 Å². The Hall–Kier alpha value is -3.63. The number of ether oxygens (including phenoxy) is 3. The van der Waals surface area contributed by atoms with Crippen molar-refractivity contribution < 1.29 is 18.6 Å². The molecule has 0 bridgehead atoms. The molecule has 0 N–H and O–H groups in total. The molecule has 5 aromatic rings. The second-order valence-electron chi connectivity index (χ2n) is 8.08. The van der Waals surface area contributed by atoms with Crippen LogP contribution in [0.2, 0.25) is 0 Å². The highest BCUT2D eigenvalue weighted by Crippen LogP contribution is 2.42. The fourth-order valence-corrected chi connectivity index (χ4v) is 5.01. The van der Waals surface area contributed by atoms with Gasteiger partial charge in [0.2, 0.25) is 5.82 Å². The molecule has 2 aromatic heterocycles. The Bertz CT molecular complexity index is 1740. The first-order valence-corrected chi connectivity index (χ1v) is 13.5. The molecule has 0 fully saturated rings. The number of benzene rings is 3. The molecule has 0 aliphatic heterocycles. The van der Waals surface area contributed by atoms with Crippen molar-refractivity contribution in [2.45, 2.75) is 13.8 Å². The Morgan fingerprint density at radius 1 is 0.974 bits per heavy atom. The predicted octanol–water partition coefficient (Wildman–Crippen LogP) is 7.02. The number of nitrogens with zero attached hydrogens (tertiary/aromatic N) is 3. The van der Waals surface area contributed by atoms with Crippen molar-refractivity contribution in [3.8, 4) is 28.8 Å². The van der Waals surface area contributed by atoms with Crippen molar-refractivity contribution in [2.75, 3.05) is 20.3 Å². The van der Waals surface area contributed by atoms with Crippen LogP contribution in [-0.4, -0.2) is 36.2 Å². The number of para-hydroxylation sites is 1. The van der Waals surface area contributed by atoms with Crippen molar-refractivity contribution in [1.29, 1.82) is 0 Å².